The second kappa shape index (κ2) is 3.25. The van der Waals surface area contributed by atoms with Gasteiger partial charge in [0, 0.05) is 24.6 Å². The van der Waals surface area contributed by atoms with E-state index in [9.17, 15) is 14.7 Å². The van der Waals surface area contributed by atoms with E-state index in [1.807, 2.05) is 0 Å². The summed E-state index contributed by atoms with van der Waals surface area (Å²) in [5.41, 5.74) is -0.644. The second-order valence-electron chi connectivity index (χ2n) is 4.30. The van der Waals surface area contributed by atoms with Gasteiger partial charge in [0.05, 0.1) is 18.0 Å². The van der Waals surface area contributed by atoms with Crippen LogP contribution in [0.2, 0.25) is 0 Å². The molecule has 2 aliphatic rings. The standard InChI is InChI=1S/C10H11N3O3S/c1-12-4-6(3-11-12)10(9(15)16)5-17-8-2-7(14)13(8)10/h3-4,8H,2,5H2,1H3,(H,15,16)/t8-,10?/m1/s1. The summed E-state index contributed by atoms with van der Waals surface area (Å²) in [6.45, 7) is 0. The third kappa shape index (κ3) is 1.20. The summed E-state index contributed by atoms with van der Waals surface area (Å²) in [6.07, 6.45) is 3.64. The van der Waals surface area contributed by atoms with E-state index in [1.54, 1.807) is 17.9 Å². The van der Waals surface area contributed by atoms with Gasteiger partial charge in [0.1, 0.15) is 0 Å². The molecule has 2 atom stereocenters. The number of hydrogen-bond acceptors (Lipinski definition) is 4. The van der Waals surface area contributed by atoms with E-state index in [2.05, 4.69) is 5.10 Å². The third-order valence-electron chi connectivity index (χ3n) is 3.34. The molecule has 7 heteroatoms. The van der Waals surface area contributed by atoms with Gasteiger partial charge in [-0.25, -0.2) is 4.79 Å². The summed E-state index contributed by atoms with van der Waals surface area (Å²) >= 11 is 1.52. The largest absolute Gasteiger partial charge is 0.479 e. The Morgan fingerprint density at radius 1 is 1.71 bits per heavy atom. The molecule has 0 saturated carbocycles. The highest BCUT2D eigenvalue weighted by atomic mass is 32.2. The average molecular weight is 253 g/mol. The molecule has 0 spiro atoms. The van der Waals surface area contributed by atoms with Crippen molar-refractivity contribution in [3.8, 4) is 0 Å². The van der Waals surface area contributed by atoms with Gasteiger partial charge in [0.15, 0.2) is 5.54 Å². The zero-order valence-electron chi connectivity index (χ0n) is 9.16. The van der Waals surface area contributed by atoms with Crippen LogP contribution in [0, 0.1) is 0 Å². The maximum Gasteiger partial charge on any atom is 0.335 e. The Balaban J connectivity index is 2.11. The predicted molar refractivity (Wildman–Crippen MR) is 60.2 cm³/mol. The van der Waals surface area contributed by atoms with Gasteiger partial charge in [-0.1, -0.05) is 0 Å². The van der Waals surface area contributed by atoms with Gasteiger partial charge in [0.25, 0.3) is 0 Å². The number of thioether (sulfide) groups is 1. The SMILES string of the molecule is Cn1cc(C2(C(=O)O)CS[C@@H]3CC(=O)N32)cn1. The number of amides is 1. The minimum absolute atomic E-state index is 0.0128. The summed E-state index contributed by atoms with van der Waals surface area (Å²) in [6, 6.07) is 0. The molecule has 2 saturated heterocycles. The van der Waals surface area contributed by atoms with Crippen LogP contribution in [0.4, 0.5) is 0 Å². The Hall–Kier alpha value is -1.50. The van der Waals surface area contributed by atoms with Crippen LogP contribution in [0.1, 0.15) is 12.0 Å². The van der Waals surface area contributed by atoms with Gasteiger partial charge in [-0.2, -0.15) is 5.10 Å². The minimum atomic E-state index is -1.22. The van der Waals surface area contributed by atoms with E-state index in [-0.39, 0.29) is 11.3 Å². The highest BCUT2D eigenvalue weighted by molar-refractivity contribution is 8.00. The molecule has 1 aromatic rings. The van der Waals surface area contributed by atoms with E-state index in [1.165, 1.54) is 22.9 Å². The smallest absolute Gasteiger partial charge is 0.335 e. The minimum Gasteiger partial charge on any atom is -0.479 e. The number of hydrogen-bond donors (Lipinski definition) is 1. The molecule has 2 fully saturated rings. The molecular weight excluding hydrogens is 242 g/mol. The zero-order valence-corrected chi connectivity index (χ0v) is 9.98. The van der Waals surface area contributed by atoms with E-state index in [0.29, 0.717) is 17.7 Å². The second-order valence-corrected chi connectivity index (χ2v) is 5.47. The van der Waals surface area contributed by atoms with Crippen LogP contribution in [0.15, 0.2) is 12.4 Å². The fraction of sp³-hybridized carbons (Fsp3) is 0.500. The summed E-state index contributed by atoms with van der Waals surface area (Å²) < 4.78 is 1.56. The molecule has 90 valence electrons. The van der Waals surface area contributed by atoms with Gasteiger partial charge < -0.3 is 10.0 Å². The molecule has 0 aliphatic carbocycles. The topological polar surface area (TPSA) is 75.4 Å². The van der Waals surface area contributed by atoms with Crippen LogP contribution in [0.3, 0.4) is 0 Å². The molecule has 3 heterocycles. The van der Waals surface area contributed by atoms with Crippen LogP contribution in [-0.4, -0.2) is 42.8 Å². The van der Waals surface area contributed by atoms with Crippen molar-refractivity contribution in [1.82, 2.24) is 14.7 Å². The van der Waals surface area contributed by atoms with Crippen molar-refractivity contribution in [1.29, 1.82) is 0 Å². The Bertz CT molecular complexity index is 515. The molecule has 3 rings (SSSR count). The molecule has 1 aromatic heterocycles. The number of carboxylic acids is 1. The lowest BCUT2D eigenvalue weighted by atomic mass is 9.89. The first-order valence-corrected chi connectivity index (χ1v) is 6.27. The third-order valence-corrected chi connectivity index (χ3v) is 4.68. The van der Waals surface area contributed by atoms with Crippen molar-refractivity contribution in [3.05, 3.63) is 18.0 Å². The first-order chi connectivity index (χ1) is 8.05. The van der Waals surface area contributed by atoms with Gasteiger partial charge >= 0.3 is 5.97 Å². The Morgan fingerprint density at radius 3 is 3.00 bits per heavy atom. The molecule has 6 nitrogen and oxygen atoms in total. The van der Waals surface area contributed by atoms with Crippen LogP contribution in [0.5, 0.6) is 0 Å². The highest BCUT2D eigenvalue weighted by Gasteiger charge is 2.61. The number of carbonyl (C=O) groups is 2. The normalized spacial score (nSPS) is 31.2. The van der Waals surface area contributed by atoms with Gasteiger partial charge in [-0.15, -0.1) is 11.8 Å². The number of nitrogens with zero attached hydrogens (tertiary/aromatic N) is 3. The lowest BCUT2D eigenvalue weighted by Crippen LogP contribution is -2.60. The molecule has 0 radical (unpaired) electrons. The number of aryl methyl sites for hydroxylation is 1. The van der Waals surface area contributed by atoms with E-state index in [0.717, 1.165) is 0 Å². The fourth-order valence-electron chi connectivity index (χ4n) is 2.41. The van der Waals surface area contributed by atoms with Crippen molar-refractivity contribution in [3.63, 3.8) is 0 Å². The summed E-state index contributed by atoms with van der Waals surface area (Å²) in [5, 5.41) is 13.5. The molecule has 2 aliphatic heterocycles. The van der Waals surface area contributed by atoms with Crippen molar-refractivity contribution in [2.45, 2.75) is 17.3 Å². The number of carbonyl (C=O) groups excluding carboxylic acids is 1. The Morgan fingerprint density at radius 2 is 2.47 bits per heavy atom. The van der Waals surface area contributed by atoms with Crippen LogP contribution >= 0.6 is 11.8 Å². The molecule has 1 unspecified atom stereocenters. The Kier molecular flexibility index (Phi) is 2.04. The van der Waals surface area contributed by atoms with Gasteiger partial charge in [-0.05, 0) is 0 Å². The van der Waals surface area contributed by atoms with Crippen LogP contribution in [-0.2, 0) is 22.2 Å². The first-order valence-electron chi connectivity index (χ1n) is 5.22. The average Bonchev–Trinajstić information content (AvgIpc) is 2.79. The van der Waals surface area contributed by atoms with E-state index in [4.69, 9.17) is 0 Å². The predicted octanol–water partition coefficient (Wildman–Crippen LogP) is 0.00520. The van der Waals surface area contributed by atoms with Crippen molar-refractivity contribution in [2.75, 3.05) is 5.75 Å². The molecule has 1 N–H and O–H groups in total. The fourth-order valence-corrected chi connectivity index (χ4v) is 3.98. The molecule has 17 heavy (non-hydrogen) atoms. The number of fused-ring (bicyclic) bond motifs is 1. The van der Waals surface area contributed by atoms with Crippen LogP contribution < -0.4 is 0 Å². The highest BCUT2D eigenvalue weighted by Crippen LogP contribution is 2.50. The summed E-state index contributed by atoms with van der Waals surface area (Å²) in [7, 11) is 1.73. The first kappa shape index (κ1) is 10.6. The van der Waals surface area contributed by atoms with Crippen molar-refractivity contribution < 1.29 is 14.7 Å². The van der Waals surface area contributed by atoms with Crippen LogP contribution in [0.25, 0.3) is 0 Å². The number of rotatable bonds is 2. The number of carboxylic acid groups (broad SMARTS) is 1. The molecular formula is C10H11N3O3S. The Labute approximate surface area is 102 Å². The monoisotopic (exact) mass is 253 g/mol. The maximum atomic E-state index is 11.6. The van der Waals surface area contributed by atoms with Gasteiger partial charge in [0.2, 0.25) is 5.91 Å². The zero-order chi connectivity index (χ0) is 12.2. The summed E-state index contributed by atoms with van der Waals surface area (Å²) in [4.78, 5) is 24.7. The van der Waals surface area contributed by atoms with E-state index < -0.39 is 11.5 Å². The molecule has 1 amide bonds. The quantitative estimate of drug-likeness (QED) is 0.751. The molecule has 0 bridgehead atoms. The lowest BCUT2D eigenvalue weighted by Gasteiger charge is -2.42. The number of β-lactam (4-membered cyclic amide) rings is 1. The maximum absolute atomic E-state index is 11.6. The summed E-state index contributed by atoms with van der Waals surface area (Å²) in [5.74, 6) is -0.676. The number of aliphatic carboxylic acids is 1. The van der Waals surface area contributed by atoms with Crippen molar-refractivity contribution in [2.24, 2.45) is 7.05 Å². The van der Waals surface area contributed by atoms with E-state index >= 15 is 0 Å². The number of aromatic nitrogens is 2. The van der Waals surface area contributed by atoms with Crippen molar-refractivity contribution >= 4 is 23.6 Å². The lowest BCUT2D eigenvalue weighted by molar-refractivity contribution is -0.165. The molecule has 0 aromatic carbocycles. The van der Waals surface area contributed by atoms with Gasteiger partial charge in [-0.3, -0.25) is 9.48 Å².